The molecule has 3 rings (SSSR count). The van der Waals surface area contributed by atoms with Crippen molar-refractivity contribution in [1.82, 2.24) is 14.8 Å². The Bertz CT molecular complexity index is 763. The Kier molecular flexibility index (Phi) is 3.96. The number of hydrogen-bond acceptors (Lipinski definition) is 3. The van der Waals surface area contributed by atoms with Crippen LogP contribution in [0, 0.1) is 0 Å². The molecule has 1 aromatic carbocycles. The molecule has 2 heterocycles. The van der Waals surface area contributed by atoms with Crippen LogP contribution in [0.1, 0.15) is 17.4 Å². The fraction of sp³-hybridized carbons (Fsp3) is 0.118. The zero-order valence-corrected chi connectivity index (χ0v) is 12.2. The van der Waals surface area contributed by atoms with Gasteiger partial charge in [-0.25, -0.2) is 0 Å². The van der Waals surface area contributed by atoms with E-state index in [9.17, 15) is 4.79 Å². The van der Waals surface area contributed by atoms with Crippen LogP contribution in [0.15, 0.2) is 60.9 Å². The first-order chi connectivity index (χ1) is 10.8. The van der Waals surface area contributed by atoms with Gasteiger partial charge in [0.15, 0.2) is 0 Å². The summed E-state index contributed by atoms with van der Waals surface area (Å²) in [6.45, 7) is 2.86. The van der Waals surface area contributed by atoms with E-state index in [2.05, 4.69) is 15.4 Å². The lowest BCUT2D eigenvalue weighted by Gasteiger charge is -2.04. The summed E-state index contributed by atoms with van der Waals surface area (Å²) in [6.07, 6.45) is 3.59. The fourth-order valence-corrected chi connectivity index (χ4v) is 2.09. The third-order valence-corrected chi connectivity index (χ3v) is 3.29. The molecule has 0 bridgehead atoms. The number of aromatic nitrogens is 3. The van der Waals surface area contributed by atoms with Crippen LogP contribution >= 0.6 is 0 Å². The second kappa shape index (κ2) is 6.22. The molecule has 0 fully saturated rings. The van der Waals surface area contributed by atoms with Gasteiger partial charge in [-0.05, 0) is 37.3 Å². The third-order valence-electron chi connectivity index (χ3n) is 3.29. The van der Waals surface area contributed by atoms with Gasteiger partial charge in [-0.3, -0.25) is 14.5 Å². The van der Waals surface area contributed by atoms with E-state index >= 15 is 0 Å². The quantitative estimate of drug-likeness (QED) is 0.803. The second-order valence-electron chi connectivity index (χ2n) is 4.81. The first-order valence-electron chi connectivity index (χ1n) is 7.12. The van der Waals surface area contributed by atoms with Crippen LogP contribution in [0.5, 0.6) is 0 Å². The van der Waals surface area contributed by atoms with Gasteiger partial charge >= 0.3 is 0 Å². The van der Waals surface area contributed by atoms with Crippen LogP contribution in [0.3, 0.4) is 0 Å². The van der Waals surface area contributed by atoms with E-state index in [1.807, 2.05) is 60.3 Å². The van der Waals surface area contributed by atoms with Crippen LogP contribution in [0.4, 0.5) is 5.69 Å². The number of carbonyl (C=O) groups excluding carboxylic acids is 1. The van der Waals surface area contributed by atoms with Crippen molar-refractivity contribution in [2.24, 2.45) is 0 Å². The molecule has 0 saturated heterocycles. The molecule has 0 radical (unpaired) electrons. The van der Waals surface area contributed by atoms with E-state index in [0.29, 0.717) is 5.69 Å². The fourth-order valence-electron chi connectivity index (χ4n) is 2.09. The lowest BCUT2D eigenvalue weighted by Crippen LogP contribution is -2.13. The Morgan fingerprint density at radius 3 is 2.59 bits per heavy atom. The molecule has 5 nitrogen and oxygen atoms in total. The number of benzene rings is 1. The molecule has 0 unspecified atom stereocenters. The van der Waals surface area contributed by atoms with Gasteiger partial charge in [-0.1, -0.05) is 18.2 Å². The standard InChI is InChI=1S/C17H16N4O/c1-2-21-11-10-15(20-21)13-8-9-16(18-12-13)17(22)19-14-6-4-3-5-7-14/h3-12H,2H2,1H3,(H,19,22). The number of para-hydroxylation sites is 1. The van der Waals surface area contributed by atoms with Crippen molar-refractivity contribution in [2.75, 3.05) is 5.32 Å². The van der Waals surface area contributed by atoms with Crippen LogP contribution in [-0.4, -0.2) is 20.7 Å². The number of rotatable bonds is 4. The number of pyridine rings is 1. The van der Waals surface area contributed by atoms with Crippen LogP contribution in [-0.2, 0) is 6.54 Å². The molecule has 5 heteroatoms. The minimum absolute atomic E-state index is 0.225. The summed E-state index contributed by atoms with van der Waals surface area (Å²) in [5.41, 5.74) is 2.87. The summed E-state index contributed by atoms with van der Waals surface area (Å²) in [4.78, 5) is 16.3. The maximum absolute atomic E-state index is 12.1. The molecule has 2 aromatic heterocycles. The van der Waals surface area contributed by atoms with Crippen molar-refractivity contribution in [1.29, 1.82) is 0 Å². The van der Waals surface area contributed by atoms with Crippen LogP contribution in [0.25, 0.3) is 11.3 Å². The molecule has 0 saturated carbocycles. The summed E-state index contributed by atoms with van der Waals surface area (Å²) in [5, 5.41) is 7.23. The van der Waals surface area contributed by atoms with Crippen molar-refractivity contribution in [3.05, 3.63) is 66.6 Å². The molecular formula is C17H16N4O. The Morgan fingerprint density at radius 2 is 1.95 bits per heavy atom. The summed E-state index contributed by atoms with van der Waals surface area (Å²) in [5.74, 6) is -0.225. The van der Waals surface area contributed by atoms with Crippen LogP contribution in [0.2, 0.25) is 0 Å². The number of amides is 1. The van der Waals surface area contributed by atoms with Gasteiger partial charge in [0.2, 0.25) is 0 Å². The number of anilines is 1. The number of nitrogens with one attached hydrogen (secondary N) is 1. The highest BCUT2D eigenvalue weighted by Crippen LogP contribution is 2.16. The van der Waals surface area contributed by atoms with Gasteiger partial charge in [-0.2, -0.15) is 5.10 Å². The first-order valence-corrected chi connectivity index (χ1v) is 7.12. The topological polar surface area (TPSA) is 59.8 Å². The molecule has 1 amide bonds. The molecule has 22 heavy (non-hydrogen) atoms. The van der Waals surface area contributed by atoms with E-state index in [4.69, 9.17) is 0 Å². The predicted molar refractivity (Wildman–Crippen MR) is 85.5 cm³/mol. The molecule has 3 aromatic rings. The van der Waals surface area contributed by atoms with Gasteiger partial charge < -0.3 is 5.32 Å². The summed E-state index contributed by atoms with van der Waals surface area (Å²) >= 11 is 0. The lowest BCUT2D eigenvalue weighted by molar-refractivity contribution is 0.102. The Balaban J connectivity index is 1.75. The molecule has 0 spiro atoms. The highest BCUT2D eigenvalue weighted by molar-refractivity contribution is 6.02. The zero-order valence-electron chi connectivity index (χ0n) is 12.2. The van der Waals surface area contributed by atoms with Crippen molar-refractivity contribution in [3.63, 3.8) is 0 Å². The molecule has 0 aliphatic rings. The molecule has 1 N–H and O–H groups in total. The van der Waals surface area contributed by atoms with Gasteiger partial charge in [0.1, 0.15) is 5.69 Å². The van der Waals surface area contributed by atoms with E-state index in [0.717, 1.165) is 23.5 Å². The highest BCUT2D eigenvalue weighted by Gasteiger charge is 2.09. The van der Waals surface area contributed by atoms with Crippen molar-refractivity contribution in [2.45, 2.75) is 13.5 Å². The number of hydrogen-bond donors (Lipinski definition) is 1. The van der Waals surface area contributed by atoms with Gasteiger partial charge in [-0.15, -0.1) is 0 Å². The molecule has 0 aliphatic carbocycles. The Hall–Kier alpha value is -2.95. The number of carbonyl (C=O) groups is 1. The van der Waals surface area contributed by atoms with E-state index in [1.54, 1.807) is 12.3 Å². The minimum Gasteiger partial charge on any atom is -0.321 e. The average Bonchev–Trinajstić information content (AvgIpc) is 3.05. The monoisotopic (exact) mass is 292 g/mol. The van der Waals surface area contributed by atoms with Crippen molar-refractivity contribution < 1.29 is 4.79 Å². The summed E-state index contributed by atoms with van der Waals surface area (Å²) < 4.78 is 1.85. The minimum atomic E-state index is -0.225. The molecule has 110 valence electrons. The highest BCUT2D eigenvalue weighted by atomic mass is 16.1. The largest absolute Gasteiger partial charge is 0.321 e. The van der Waals surface area contributed by atoms with E-state index < -0.39 is 0 Å². The van der Waals surface area contributed by atoms with Gasteiger partial charge in [0, 0.05) is 30.2 Å². The Morgan fingerprint density at radius 1 is 1.14 bits per heavy atom. The van der Waals surface area contributed by atoms with E-state index in [-0.39, 0.29) is 5.91 Å². The number of aryl methyl sites for hydroxylation is 1. The molecule has 0 aliphatic heterocycles. The lowest BCUT2D eigenvalue weighted by atomic mass is 10.2. The maximum Gasteiger partial charge on any atom is 0.274 e. The predicted octanol–water partition coefficient (Wildman–Crippen LogP) is 3.22. The van der Waals surface area contributed by atoms with Gasteiger partial charge in [0.25, 0.3) is 5.91 Å². The smallest absolute Gasteiger partial charge is 0.274 e. The normalized spacial score (nSPS) is 10.4. The molecular weight excluding hydrogens is 276 g/mol. The summed E-state index contributed by atoms with van der Waals surface area (Å²) in [7, 11) is 0. The van der Waals surface area contributed by atoms with E-state index in [1.165, 1.54) is 0 Å². The van der Waals surface area contributed by atoms with Crippen molar-refractivity contribution in [3.8, 4) is 11.3 Å². The average molecular weight is 292 g/mol. The number of nitrogens with zero attached hydrogens (tertiary/aromatic N) is 3. The summed E-state index contributed by atoms with van der Waals surface area (Å²) in [6, 6.07) is 14.8. The SMILES string of the molecule is CCn1ccc(-c2ccc(C(=O)Nc3ccccc3)nc2)n1. The zero-order chi connectivity index (χ0) is 15.4. The van der Waals surface area contributed by atoms with Crippen molar-refractivity contribution >= 4 is 11.6 Å². The Labute approximate surface area is 128 Å². The van der Waals surface area contributed by atoms with Gasteiger partial charge in [0.05, 0.1) is 5.69 Å². The maximum atomic E-state index is 12.1. The van der Waals surface area contributed by atoms with Crippen LogP contribution < -0.4 is 5.32 Å². The third kappa shape index (κ3) is 3.03. The first kappa shape index (κ1) is 14.0. The second-order valence-corrected chi connectivity index (χ2v) is 4.81. The molecule has 0 atom stereocenters.